The van der Waals surface area contributed by atoms with Gasteiger partial charge in [-0.2, -0.15) is 4.99 Å². The lowest BCUT2D eigenvalue weighted by molar-refractivity contribution is -0.117. The minimum absolute atomic E-state index is 0.00105. The fourth-order valence-corrected chi connectivity index (χ4v) is 7.57. The Balaban J connectivity index is 1.65. The lowest BCUT2D eigenvalue weighted by Crippen LogP contribution is -2.38. The zero-order valence-electron chi connectivity index (χ0n) is 14.6. The topological polar surface area (TPSA) is 66.8 Å². The number of para-hydroxylation sites is 1. The molecule has 9 heteroatoms. The summed E-state index contributed by atoms with van der Waals surface area (Å²) >= 11 is 7.63. The summed E-state index contributed by atoms with van der Waals surface area (Å²) in [6.07, 6.45) is 0.0360. The second kappa shape index (κ2) is 7.50. The van der Waals surface area contributed by atoms with Gasteiger partial charge in [0, 0.05) is 5.25 Å². The van der Waals surface area contributed by atoms with Crippen molar-refractivity contribution in [1.29, 1.82) is 0 Å². The third-order valence-electron chi connectivity index (χ3n) is 4.67. The minimum Gasteiger partial charge on any atom is -0.314 e. The average Bonchev–Trinajstić information content (AvgIpc) is 3.08. The Kier molecular flexibility index (Phi) is 5.20. The average molecular weight is 439 g/mol. The maximum Gasteiger partial charge on any atom is 0.252 e. The molecular formula is C19H16ClFN2O3S2. The molecule has 0 aromatic heterocycles. The highest BCUT2D eigenvalue weighted by atomic mass is 35.5. The van der Waals surface area contributed by atoms with Crippen molar-refractivity contribution in [2.24, 2.45) is 4.99 Å². The van der Waals surface area contributed by atoms with E-state index < -0.39 is 9.84 Å². The summed E-state index contributed by atoms with van der Waals surface area (Å²) in [6.45, 7) is 0. The molecule has 0 saturated carbocycles. The van der Waals surface area contributed by atoms with Crippen molar-refractivity contribution in [2.75, 3.05) is 16.4 Å². The van der Waals surface area contributed by atoms with Gasteiger partial charge in [-0.15, -0.1) is 0 Å². The number of carbonyl (C=O) groups excluding carboxylic acids is 1. The summed E-state index contributed by atoms with van der Waals surface area (Å²) in [6, 6.07) is 12.5. The Hall–Kier alpha value is -1.90. The van der Waals surface area contributed by atoms with Gasteiger partial charge in [0.15, 0.2) is 15.0 Å². The predicted molar refractivity (Wildman–Crippen MR) is 110 cm³/mol. The van der Waals surface area contributed by atoms with Gasteiger partial charge < -0.3 is 4.90 Å². The van der Waals surface area contributed by atoms with Crippen molar-refractivity contribution in [3.63, 3.8) is 0 Å². The van der Waals surface area contributed by atoms with E-state index in [2.05, 4.69) is 4.99 Å². The minimum atomic E-state index is -3.14. The fraction of sp³-hybridized carbons (Fsp3) is 0.263. The van der Waals surface area contributed by atoms with E-state index in [0.717, 1.165) is 0 Å². The van der Waals surface area contributed by atoms with E-state index in [1.807, 2.05) is 0 Å². The van der Waals surface area contributed by atoms with Gasteiger partial charge in [0.25, 0.3) is 5.91 Å². The van der Waals surface area contributed by atoms with E-state index in [-0.39, 0.29) is 40.9 Å². The number of hydrogen-bond acceptors (Lipinski definition) is 4. The summed E-state index contributed by atoms with van der Waals surface area (Å²) < 4.78 is 37.2. The molecule has 0 aliphatic carbocycles. The molecular weight excluding hydrogens is 423 g/mol. The molecule has 0 radical (unpaired) electrons. The molecule has 0 bridgehead atoms. The zero-order valence-corrected chi connectivity index (χ0v) is 17.0. The highest BCUT2D eigenvalue weighted by Gasteiger charge is 2.49. The molecule has 28 heavy (non-hydrogen) atoms. The van der Waals surface area contributed by atoms with Crippen molar-refractivity contribution < 1.29 is 17.6 Å². The molecule has 2 fully saturated rings. The summed E-state index contributed by atoms with van der Waals surface area (Å²) in [7, 11) is -3.14. The van der Waals surface area contributed by atoms with Crippen LogP contribution in [-0.2, 0) is 21.1 Å². The Morgan fingerprint density at radius 3 is 2.61 bits per heavy atom. The van der Waals surface area contributed by atoms with Crippen molar-refractivity contribution in [1.82, 2.24) is 0 Å². The van der Waals surface area contributed by atoms with E-state index in [1.165, 1.54) is 23.9 Å². The maximum atomic E-state index is 13.0. The standard InChI is InChI=1S/C19H16ClFN2O3S2/c20-14-3-1-2-4-15(14)23-16-10-28(25,26)11-17(16)27-19(23)22-18(24)9-12-5-7-13(21)8-6-12/h1-8,16-17H,9-11H2/t16-,17+/m0/s1. The van der Waals surface area contributed by atoms with Crippen molar-refractivity contribution >= 4 is 50.0 Å². The second-order valence-electron chi connectivity index (χ2n) is 6.71. The van der Waals surface area contributed by atoms with Crippen LogP contribution in [0.25, 0.3) is 0 Å². The number of aliphatic imine (C=N–C) groups is 1. The summed E-state index contributed by atoms with van der Waals surface area (Å²) in [4.78, 5) is 18.5. The molecule has 2 heterocycles. The van der Waals surface area contributed by atoms with Crippen molar-refractivity contribution in [3.05, 3.63) is 64.9 Å². The highest BCUT2D eigenvalue weighted by Crippen LogP contribution is 2.42. The largest absolute Gasteiger partial charge is 0.314 e. The number of nitrogens with zero attached hydrogens (tertiary/aromatic N) is 2. The molecule has 2 saturated heterocycles. The number of benzene rings is 2. The molecule has 2 aromatic rings. The highest BCUT2D eigenvalue weighted by molar-refractivity contribution is 8.16. The van der Waals surface area contributed by atoms with Gasteiger partial charge in [0.2, 0.25) is 0 Å². The van der Waals surface area contributed by atoms with Crippen molar-refractivity contribution in [2.45, 2.75) is 17.7 Å². The smallest absolute Gasteiger partial charge is 0.252 e. The number of carbonyl (C=O) groups is 1. The summed E-state index contributed by atoms with van der Waals surface area (Å²) in [5, 5.41) is 0.718. The summed E-state index contributed by atoms with van der Waals surface area (Å²) in [5.41, 5.74) is 1.29. The molecule has 2 aliphatic heterocycles. The predicted octanol–water partition coefficient (Wildman–Crippen LogP) is 3.32. The number of amidine groups is 1. The number of thioether (sulfide) groups is 1. The number of anilines is 1. The molecule has 0 N–H and O–H groups in total. The lowest BCUT2D eigenvalue weighted by atomic mass is 10.1. The third-order valence-corrected chi connectivity index (χ3v) is 8.20. The molecule has 0 spiro atoms. The van der Waals surface area contributed by atoms with E-state index >= 15 is 0 Å². The second-order valence-corrected chi connectivity index (χ2v) is 10.5. The molecule has 5 nitrogen and oxygen atoms in total. The molecule has 0 unspecified atom stereocenters. The number of halogens is 2. The number of hydrogen-bond donors (Lipinski definition) is 0. The normalized spacial score (nSPS) is 24.5. The van der Waals surface area contributed by atoms with Crippen LogP contribution < -0.4 is 4.90 Å². The molecule has 2 aromatic carbocycles. The Bertz CT molecular complexity index is 1060. The summed E-state index contributed by atoms with van der Waals surface area (Å²) in [5.74, 6) is -0.697. The van der Waals surface area contributed by atoms with Crippen LogP contribution in [0, 0.1) is 5.82 Å². The van der Waals surface area contributed by atoms with Gasteiger partial charge in [-0.05, 0) is 29.8 Å². The van der Waals surface area contributed by atoms with E-state index in [1.54, 1.807) is 41.3 Å². The molecule has 4 rings (SSSR count). The number of rotatable bonds is 3. The molecule has 2 aliphatic rings. The van der Waals surface area contributed by atoms with Gasteiger partial charge in [-0.1, -0.05) is 47.6 Å². The number of sulfone groups is 1. The molecule has 2 atom stereocenters. The van der Waals surface area contributed by atoms with Gasteiger partial charge in [0.05, 0.1) is 34.7 Å². The lowest BCUT2D eigenvalue weighted by Gasteiger charge is -2.25. The number of fused-ring (bicyclic) bond motifs is 1. The van der Waals surface area contributed by atoms with Crippen molar-refractivity contribution in [3.8, 4) is 0 Å². The van der Waals surface area contributed by atoms with Gasteiger partial charge >= 0.3 is 0 Å². The quantitative estimate of drug-likeness (QED) is 0.735. The Morgan fingerprint density at radius 2 is 1.89 bits per heavy atom. The number of amides is 1. The van der Waals surface area contributed by atoms with Crippen LogP contribution in [0.5, 0.6) is 0 Å². The molecule has 1 amide bonds. The fourth-order valence-electron chi connectivity index (χ4n) is 3.42. The first-order valence-corrected chi connectivity index (χ1v) is 11.7. The van der Waals surface area contributed by atoms with Crippen LogP contribution in [0.1, 0.15) is 5.56 Å². The Labute approximate surface area is 171 Å². The van der Waals surface area contributed by atoms with Crippen LogP contribution in [0.15, 0.2) is 53.5 Å². The third kappa shape index (κ3) is 3.94. The first-order chi connectivity index (χ1) is 13.3. The van der Waals surface area contributed by atoms with Crippen LogP contribution in [0.2, 0.25) is 5.02 Å². The van der Waals surface area contributed by atoms with Crippen LogP contribution in [0.3, 0.4) is 0 Å². The van der Waals surface area contributed by atoms with Crippen LogP contribution in [-0.4, -0.2) is 42.3 Å². The van der Waals surface area contributed by atoms with E-state index in [9.17, 15) is 17.6 Å². The molecule has 146 valence electrons. The SMILES string of the molecule is O=C(Cc1ccc(F)cc1)N=C1S[C@@H]2CS(=O)(=O)C[C@@H]2N1c1ccccc1Cl. The zero-order chi connectivity index (χ0) is 19.9. The monoisotopic (exact) mass is 438 g/mol. The first-order valence-electron chi connectivity index (χ1n) is 8.59. The van der Waals surface area contributed by atoms with Gasteiger partial charge in [0.1, 0.15) is 5.82 Å². The first kappa shape index (κ1) is 19.4. The van der Waals surface area contributed by atoms with Crippen LogP contribution >= 0.6 is 23.4 Å². The maximum absolute atomic E-state index is 13.0. The Morgan fingerprint density at radius 1 is 1.18 bits per heavy atom. The van der Waals surface area contributed by atoms with Crippen LogP contribution in [0.4, 0.5) is 10.1 Å². The van der Waals surface area contributed by atoms with E-state index in [0.29, 0.717) is 21.4 Å². The van der Waals surface area contributed by atoms with Gasteiger partial charge in [-0.3, -0.25) is 4.79 Å². The van der Waals surface area contributed by atoms with E-state index in [4.69, 9.17) is 11.6 Å². The van der Waals surface area contributed by atoms with Gasteiger partial charge in [-0.25, -0.2) is 12.8 Å².